The van der Waals surface area contributed by atoms with Gasteiger partial charge in [0.25, 0.3) is 5.91 Å². The molecule has 1 amide bonds. The van der Waals surface area contributed by atoms with Crippen LogP contribution in [0.3, 0.4) is 0 Å². The molecule has 5 heteroatoms. The fourth-order valence-corrected chi connectivity index (χ4v) is 1.54. The Morgan fingerprint density at radius 1 is 1.50 bits per heavy atom. The van der Waals surface area contributed by atoms with Gasteiger partial charge in [-0.25, -0.2) is 0 Å². The van der Waals surface area contributed by atoms with E-state index in [1.165, 1.54) is 18.2 Å². The molecule has 0 fully saturated rings. The van der Waals surface area contributed by atoms with E-state index in [0.29, 0.717) is 30.7 Å². The highest BCUT2D eigenvalue weighted by atomic mass is 35.5. The average Bonchev–Trinajstić information content (AvgIpc) is 2.31. The molecule has 1 aromatic carbocycles. The predicted octanol–water partition coefficient (Wildman–Crippen LogP) is 2.45. The highest BCUT2D eigenvalue weighted by Crippen LogP contribution is 2.20. The lowest BCUT2D eigenvalue weighted by Gasteiger charge is -2.09. The van der Waals surface area contributed by atoms with E-state index in [-0.39, 0.29) is 17.2 Å². The van der Waals surface area contributed by atoms with E-state index in [2.05, 4.69) is 19.2 Å². The van der Waals surface area contributed by atoms with E-state index >= 15 is 0 Å². The minimum atomic E-state index is -0.316. The van der Waals surface area contributed by atoms with Crippen LogP contribution in [0.5, 0.6) is 5.75 Å². The minimum Gasteiger partial charge on any atom is -0.508 e. The number of ether oxygens (including phenoxy) is 1. The van der Waals surface area contributed by atoms with Crippen LogP contribution >= 0.6 is 11.6 Å². The maximum Gasteiger partial charge on any atom is 0.253 e. The van der Waals surface area contributed by atoms with Crippen molar-refractivity contribution in [2.45, 2.75) is 13.8 Å². The smallest absolute Gasteiger partial charge is 0.253 e. The van der Waals surface area contributed by atoms with Gasteiger partial charge in [-0.3, -0.25) is 4.79 Å². The van der Waals surface area contributed by atoms with E-state index in [1.54, 1.807) is 0 Å². The monoisotopic (exact) mass is 271 g/mol. The van der Waals surface area contributed by atoms with E-state index in [0.717, 1.165) is 0 Å². The second-order valence-electron chi connectivity index (χ2n) is 4.39. The molecular weight excluding hydrogens is 254 g/mol. The molecule has 4 nitrogen and oxygen atoms in total. The van der Waals surface area contributed by atoms with Gasteiger partial charge < -0.3 is 15.2 Å². The zero-order chi connectivity index (χ0) is 13.5. The second kappa shape index (κ2) is 7.24. The van der Waals surface area contributed by atoms with E-state index in [1.807, 2.05) is 0 Å². The Balaban J connectivity index is 2.39. The number of hydrogen-bond donors (Lipinski definition) is 2. The quantitative estimate of drug-likeness (QED) is 0.782. The van der Waals surface area contributed by atoms with Crippen LogP contribution in [-0.4, -0.2) is 30.8 Å². The molecule has 100 valence electrons. The van der Waals surface area contributed by atoms with E-state index < -0.39 is 0 Å². The fraction of sp³-hybridized carbons (Fsp3) is 0.462. The lowest BCUT2D eigenvalue weighted by molar-refractivity contribution is 0.0886. The van der Waals surface area contributed by atoms with E-state index in [9.17, 15) is 9.90 Å². The first-order chi connectivity index (χ1) is 8.50. The van der Waals surface area contributed by atoms with Gasteiger partial charge in [0.05, 0.1) is 17.2 Å². The van der Waals surface area contributed by atoms with Gasteiger partial charge in [-0.15, -0.1) is 0 Å². The van der Waals surface area contributed by atoms with Gasteiger partial charge in [-0.1, -0.05) is 25.4 Å². The summed E-state index contributed by atoms with van der Waals surface area (Å²) in [6.07, 6.45) is 0. The zero-order valence-corrected chi connectivity index (χ0v) is 11.3. The lowest BCUT2D eigenvalue weighted by Crippen LogP contribution is -2.27. The molecule has 0 aliphatic rings. The van der Waals surface area contributed by atoms with Crippen molar-refractivity contribution in [2.75, 3.05) is 19.8 Å². The van der Waals surface area contributed by atoms with Crippen molar-refractivity contribution in [1.82, 2.24) is 5.32 Å². The van der Waals surface area contributed by atoms with Crippen molar-refractivity contribution >= 4 is 17.5 Å². The standard InChI is InChI=1S/C13H18ClNO3/c1-9(2)8-18-6-5-15-13(17)11-7-10(16)3-4-12(11)14/h3-4,7,9,16H,5-6,8H2,1-2H3,(H,15,17). The molecule has 0 aliphatic heterocycles. The first-order valence-corrected chi connectivity index (χ1v) is 6.23. The van der Waals surface area contributed by atoms with E-state index in [4.69, 9.17) is 16.3 Å². The molecule has 1 aromatic rings. The van der Waals surface area contributed by atoms with Crippen LogP contribution < -0.4 is 5.32 Å². The molecule has 0 saturated heterocycles. The predicted molar refractivity (Wildman–Crippen MR) is 71.1 cm³/mol. The summed E-state index contributed by atoms with van der Waals surface area (Å²) in [5, 5.41) is 12.3. The molecule has 1 rings (SSSR count). The molecule has 18 heavy (non-hydrogen) atoms. The molecule has 0 heterocycles. The van der Waals surface area contributed by atoms with Crippen molar-refractivity contribution in [3.63, 3.8) is 0 Å². The van der Waals surface area contributed by atoms with Crippen LogP contribution in [0.1, 0.15) is 24.2 Å². The lowest BCUT2D eigenvalue weighted by atomic mass is 10.2. The Morgan fingerprint density at radius 3 is 2.89 bits per heavy atom. The number of carbonyl (C=O) groups excluding carboxylic acids is 1. The number of aromatic hydroxyl groups is 1. The van der Waals surface area contributed by atoms with Crippen molar-refractivity contribution in [2.24, 2.45) is 5.92 Å². The largest absolute Gasteiger partial charge is 0.508 e. The van der Waals surface area contributed by atoms with Gasteiger partial charge in [0, 0.05) is 13.2 Å². The van der Waals surface area contributed by atoms with Crippen LogP contribution in [-0.2, 0) is 4.74 Å². The van der Waals surface area contributed by atoms with Gasteiger partial charge in [0.15, 0.2) is 0 Å². The Hall–Kier alpha value is -1.26. The van der Waals surface area contributed by atoms with Crippen LogP contribution in [0.4, 0.5) is 0 Å². The SMILES string of the molecule is CC(C)COCCNC(=O)c1cc(O)ccc1Cl. The van der Waals surface area contributed by atoms with Crippen LogP contribution in [0.25, 0.3) is 0 Å². The maximum atomic E-state index is 11.8. The van der Waals surface area contributed by atoms with Crippen molar-refractivity contribution in [1.29, 1.82) is 0 Å². The maximum absolute atomic E-state index is 11.8. The summed E-state index contributed by atoms with van der Waals surface area (Å²) in [7, 11) is 0. The molecule has 2 N–H and O–H groups in total. The van der Waals surface area contributed by atoms with Gasteiger partial charge in [0.1, 0.15) is 5.75 Å². The third-order valence-corrected chi connectivity index (χ3v) is 2.51. The summed E-state index contributed by atoms with van der Waals surface area (Å²) >= 11 is 5.87. The molecule has 0 bridgehead atoms. The molecule has 0 unspecified atom stereocenters. The summed E-state index contributed by atoms with van der Waals surface area (Å²) in [4.78, 5) is 11.8. The Kier molecular flexibility index (Phi) is 5.95. The number of carbonyl (C=O) groups is 1. The minimum absolute atomic E-state index is 0.0145. The van der Waals surface area contributed by atoms with Gasteiger partial charge >= 0.3 is 0 Å². The summed E-state index contributed by atoms with van der Waals surface area (Å²) in [6.45, 7) is 5.66. The number of amides is 1. The summed E-state index contributed by atoms with van der Waals surface area (Å²) in [5.74, 6) is 0.172. The van der Waals surface area contributed by atoms with Gasteiger partial charge in [0.2, 0.25) is 0 Å². The van der Waals surface area contributed by atoms with Crippen LogP contribution in [0.15, 0.2) is 18.2 Å². The Labute approximate surface area is 112 Å². The molecule has 0 radical (unpaired) electrons. The zero-order valence-electron chi connectivity index (χ0n) is 10.6. The summed E-state index contributed by atoms with van der Waals surface area (Å²) in [5.41, 5.74) is 0.264. The molecule has 0 aromatic heterocycles. The highest BCUT2D eigenvalue weighted by molar-refractivity contribution is 6.33. The first-order valence-electron chi connectivity index (χ1n) is 5.85. The van der Waals surface area contributed by atoms with Crippen molar-refractivity contribution < 1.29 is 14.6 Å². The fourth-order valence-electron chi connectivity index (χ4n) is 1.34. The number of nitrogens with one attached hydrogen (secondary N) is 1. The average molecular weight is 272 g/mol. The third-order valence-electron chi connectivity index (χ3n) is 2.18. The first kappa shape index (κ1) is 14.8. The number of phenolic OH excluding ortho intramolecular Hbond substituents is 1. The van der Waals surface area contributed by atoms with Gasteiger partial charge in [-0.05, 0) is 24.1 Å². The van der Waals surface area contributed by atoms with Crippen molar-refractivity contribution in [3.05, 3.63) is 28.8 Å². The number of rotatable bonds is 6. The number of phenols is 1. The molecule has 0 saturated carbocycles. The number of benzene rings is 1. The Bertz CT molecular complexity index is 407. The normalized spacial score (nSPS) is 10.7. The summed E-state index contributed by atoms with van der Waals surface area (Å²) in [6, 6.07) is 4.26. The second-order valence-corrected chi connectivity index (χ2v) is 4.80. The molecular formula is C13H18ClNO3. The van der Waals surface area contributed by atoms with Crippen molar-refractivity contribution in [3.8, 4) is 5.75 Å². The summed E-state index contributed by atoms with van der Waals surface area (Å²) < 4.78 is 5.34. The molecule has 0 aliphatic carbocycles. The van der Waals surface area contributed by atoms with Crippen LogP contribution in [0, 0.1) is 5.92 Å². The Morgan fingerprint density at radius 2 is 2.22 bits per heavy atom. The topological polar surface area (TPSA) is 58.6 Å². The highest BCUT2D eigenvalue weighted by Gasteiger charge is 2.10. The van der Waals surface area contributed by atoms with Crippen LogP contribution in [0.2, 0.25) is 5.02 Å². The van der Waals surface area contributed by atoms with Gasteiger partial charge in [-0.2, -0.15) is 0 Å². The molecule has 0 spiro atoms. The number of hydrogen-bond acceptors (Lipinski definition) is 3. The molecule has 0 atom stereocenters. The number of halogens is 1. The third kappa shape index (κ3) is 4.94.